The van der Waals surface area contributed by atoms with Crippen LogP contribution in [0.3, 0.4) is 0 Å². The molecule has 10 heavy (non-hydrogen) atoms. The van der Waals surface area contributed by atoms with Gasteiger partial charge in [0.25, 0.3) is 0 Å². The summed E-state index contributed by atoms with van der Waals surface area (Å²) >= 11 is 0. The Bertz CT molecular complexity index is 121. The van der Waals surface area contributed by atoms with Crippen LogP contribution in [0.15, 0.2) is 0 Å². The first kappa shape index (κ1) is 9.42. The van der Waals surface area contributed by atoms with E-state index >= 15 is 0 Å². The zero-order valence-electron chi connectivity index (χ0n) is 6.16. The predicted molar refractivity (Wildman–Crippen MR) is 38.2 cm³/mol. The molecule has 0 aliphatic rings. The van der Waals surface area contributed by atoms with Gasteiger partial charge < -0.3 is 0 Å². The molecule has 2 heteroatoms. The fourth-order valence-corrected chi connectivity index (χ4v) is 0.528. The van der Waals surface area contributed by atoms with Crippen LogP contribution in [-0.4, -0.2) is 12.8 Å². The van der Waals surface area contributed by atoms with Crippen molar-refractivity contribution < 1.29 is 8.78 Å². The van der Waals surface area contributed by atoms with Crippen LogP contribution in [0.2, 0.25) is 0 Å². The first-order valence-electron chi connectivity index (χ1n) is 3.47. The SMILES string of the molecule is CCC#CCC(F)CCF. The quantitative estimate of drug-likeness (QED) is 0.536. The van der Waals surface area contributed by atoms with Gasteiger partial charge in [-0.3, -0.25) is 4.39 Å². The van der Waals surface area contributed by atoms with Crippen LogP contribution in [0.25, 0.3) is 0 Å². The Morgan fingerprint density at radius 3 is 2.60 bits per heavy atom. The predicted octanol–water partition coefficient (Wildman–Crippen LogP) is 2.49. The van der Waals surface area contributed by atoms with Crippen LogP contribution in [0.5, 0.6) is 0 Å². The van der Waals surface area contributed by atoms with Crippen LogP contribution in [0.1, 0.15) is 26.2 Å². The summed E-state index contributed by atoms with van der Waals surface area (Å²) in [6.07, 6.45) is -0.178. The molecule has 0 heterocycles. The normalized spacial score (nSPS) is 11.9. The van der Waals surface area contributed by atoms with Crippen molar-refractivity contribution in [1.82, 2.24) is 0 Å². The van der Waals surface area contributed by atoms with Gasteiger partial charge in [-0.2, -0.15) is 0 Å². The molecule has 0 rings (SSSR count). The molecule has 0 aliphatic heterocycles. The lowest BCUT2D eigenvalue weighted by atomic mass is 10.2. The first-order valence-corrected chi connectivity index (χ1v) is 3.47. The highest BCUT2D eigenvalue weighted by molar-refractivity contribution is 4.99. The molecule has 1 unspecified atom stereocenters. The van der Waals surface area contributed by atoms with Crippen molar-refractivity contribution in [2.24, 2.45) is 0 Å². The number of rotatable bonds is 3. The molecule has 0 radical (unpaired) electrons. The molecule has 0 nitrogen and oxygen atoms in total. The van der Waals surface area contributed by atoms with E-state index in [2.05, 4.69) is 11.8 Å². The Labute approximate surface area is 60.6 Å². The van der Waals surface area contributed by atoms with Gasteiger partial charge in [0.15, 0.2) is 0 Å². The van der Waals surface area contributed by atoms with Crippen molar-refractivity contribution in [3.8, 4) is 11.8 Å². The lowest BCUT2D eigenvalue weighted by molar-refractivity contribution is 0.288. The second-order valence-corrected chi connectivity index (χ2v) is 1.99. The van der Waals surface area contributed by atoms with Crippen molar-refractivity contribution >= 4 is 0 Å². The summed E-state index contributed by atoms with van der Waals surface area (Å²) in [5, 5.41) is 0. The summed E-state index contributed by atoms with van der Waals surface area (Å²) in [5.41, 5.74) is 0. The second-order valence-electron chi connectivity index (χ2n) is 1.99. The first-order chi connectivity index (χ1) is 4.81. The highest BCUT2D eigenvalue weighted by Crippen LogP contribution is 2.01. The Morgan fingerprint density at radius 2 is 2.10 bits per heavy atom. The zero-order chi connectivity index (χ0) is 7.82. The van der Waals surface area contributed by atoms with Gasteiger partial charge in [0, 0.05) is 19.3 Å². The van der Waals surface area contributed by atoms with E-state index in [0.29, 0.717) is 0 Å². The van der Waals surface area contributed by atoms with Gasteiger partial charge in [-0.1, -0.05) is 6.92 Å². The number of alkyl halides is 2. The van der Waals surface area contributed by atoms with Gasteiger partial charge in [-0.25, -0.2) is 4.39 Å². The van der Waals surface area contributed by atoms with E-state index in [9.17, 15) is 8.78 Å². The van der Waals surface area contributed by atoms with E-state index in [1.807, 2.05) is 6.92 Å². The summed E-state index contributed by atoms with van der Waals surface area (Å²) in [6.45, 7) is 1.31. The minimum Gasteiger partial charge on any atom is -0.251 e. The van der Waals surface area contributed by atoms with E-state index in [-0.39, 0.29) is 12.8 Å². The van der Waals surface area contributed by atoms with Crippen LogP contribution in [-0.2, 0) is 0 Å². The van der Waals surface area contributed by atoms with E-state index in [0.717, 1.165) is 6.42 Å². The third-order valence-corrected chi connectivity index (χ3v) is 1.05. The standard InChI is InChI=1S/C8H12F2/c1-2-3-4-5-8(10)6-7-9/h8H,2,5-7H2,1H3. The van der Waals surface area contributed by atoms with Crippen molar-refractivity contribution in [1.29, 1.82) is 0 Å². The van der Waals surface area contributed by atoms with Crippen molar-refractivity contribution in [2.75, 3.05) is 6.67 Å². The van der Waals surface area contributed by atoms with Gasteiger partial charge >= 0.3 is 0 Å². The summed E-state index contributed by atoms with van der Waals surface area (Å²) < 4.78 is 23.8. The Balaban J connectivity index is 3.29. The average Bonchev–Trinajstić information content (AvgIpc) is 1.89. The maximum atomic E-state index is 12.4. The van der Waals surface area contributed by atoms with E-state index in [4.69, 9.17) is 0 Å². The maximum Gasteiger partial charge on any atom is 0.113 e. The number of halogens is 2. The van der Waals surface area contributed by atoms with E-state index < -0.39 is 12.8 Å². The lowest BCUT2D eigenvalue weighted by Gasteiger charge is -1.97. The Kier molecular flexibility index (Phi) is 6.16. The van der Waals surface area contributed by atoms with Gasteiger partial charge in [0.2, 0.25) is 0 Å². The van der Waals surface area contributed by atoms with Gasteiger partial charge in [0.1, 0.15) is 6.17 Å². The van der Waals surface area contributed by atoms with Crippen LogP contribution in [0.4, 0.5) is 8.78 Å². The number of hydrogen-bond donors (Lipinski definition) is 0. The highest BCUT2D eigenvalue weighted by Gasteiger charge is 2.01. The molecule has 0 fully saturated rings. The largest absolute Gasteiger partial charge is 0.251 e. The summed E-state index contributed by atoms with van der Waals surface area (Å²) in [6, 6.07) is 0. The Hall–Kier alpha value is -0.580. The summed E-state index contributed by atoms with van der Waals surface area (Å²) in [5.74, 6) is 5.35. The van der Waals surface area contributed by atoms with Crippen molar-refractivity contribution in [2.45, 2.75) is 32.4 Å². The molecular formula is C8H12F2. The van der Waals surface area contributed by atoms with Crippen molar-refractivity contribution in [3.05, 3.63) is 0 Å². The molecule has 0 bridgehead atoms. The zero-order valence-corrected chi connectivity index (χ0v) is 6.16. The molecule has 0 aromatic heterocycles. The summed E-state index contributed by atoms with van der Waals surface area (Å²) in [4.78, 5) is 0. The minimum absolute atomic E-state index is 0.0155. The molecule has 1 atom stereocenters. The van der Waals surface area contributed by atoms with Gasteiger partial charge in [-0.05, 0) is 0 Å². The number of hydrogen-bond acceptors (Lipinski definition) is 0. The smallest absolute Gasteiger partial charge is 0.113 e. The molecular weight excluding hydrogens is 134 g/mol. The van der Waals surface area contributed by atoms with Crippen LogP contribution >= 0.6 is 0 Å². The minimum atomic E-state index is -1.08. The third kappa shape index (κ3) is 5.55. The maximum absolute atomic E-state index is 12.4. The highest BCUT2D eigenvalue weighted by atomic mass is 19.1. The van der Waals surface area contributed by atoms with Crippen molar-refractivity contribution in [3.63, 3.8) is 0 Å². The fourth-order valence-electron chi connectivity index (χ4n) is 0.528. The molecule has 0 aromatic carbocycles. The average molecular weight is 146 g/mol. The third-order valence-electron chi connectivity index (χ3n) is 1.05. The molecule has 0 spiro atoms. The molecule has 0 saturated carbocycles. The molecule has 0 amide bonds. The fraction of sp³-hybridized carbons (Fsp3) is 0.750. The Morgan fingerprint density at radius 1 is 1.40 bits per heavy atom. The van der Waals surface area contributed by atoms with Crippen LogP contribution in [0, 0.1) is 11.8 Å². The molecule has 0 N–H and O–H groups in total. The monoisotopic (exact) mass is 146 g/mol. The molecule has 0 aromatic rings. The van der Waals surface area contributed by atoms with Gasteiger partial charge in [-0.15, -0.1) is 11.8 Å². The molecule has 0 saturated heterocycles. The van der Waals surface area contributed by atoms with E-state index in [1.165, 1.54) is 0 Å². The summed E-state index contributed by atoms with van der Waals surface area (Å²) in [7, 11) is 0. The molecule has 0 aliphatic carbocycles. The topological polar surface area (TPSA) is 0 Å². The van der Waals surface area contributed by atoms with E-state index in [1.54, 1.807) is 0 Å². The molecule has 58 valence electrons. The lowest BCUT2D eigenvalue weighted by Crippen LogP contribution is -1.98. The van der Waals surface area contributed by atoms with Gasteiger partial charge in [0.05, 0.1) is 6.67 Å². The second kappa shape index (κ2) is 6.54. The van der Waals surface area contributed by atoms with Crippen LogP contribution < -0.4 is 0 Å².